The van der Waals surface area contributed by atoms with Crippen molar-refractivity contribution in [1.82, 2.24) is 0 Å². The van der Waals surface area contributed by atoms with Crippen molar-refractivity contribution in [3.63, 3.8) is 0 Å². The van der Waals surface area contributed by atoms with Gasteiger partial charge in [0.15, 0.2) is 6.61 Å². The van der Waals surface area contributed by atoms with E-state index in [9.17, 15) is 4.79 Å². The molecule has 2 rings (SSSR count). The lowest BCUT2D eigenvalue weighted by atomic mass is 10.0. The van der Waals surface area contributed by atoms with Gasteiger partial charge in [0, 0.05) is 6.04 Å². The van der Waals surface area contributed by atoms with Crippen LogP contribution in [0.25, 0.3) is 0 Å². The molecule has 1 aliphatic rings. The molecule has 3 N–H and O–H groups in total. The fourth-order valence-corrected chi connectivity index (χ4v) is 1.91. The summed E-state index contributed by atoms with van der Waals surface area (Å²) in [5.74, 6) is 0.658. The molecule has 0 aromatic heterocycles. The molecule has 1 heterocycles. The Hall–Kier alpha value is -1.55. The second-order valence-electron chi connectivity index (χ2n) is 4.54. The van der Waals surface area contributed by atoms with E-state index in [-0.39, 0.29) is 18.6 Å². The molecule has 0 fully saturated rings. The molecule has 0 saturated heterocycles. The molecule has 4 heteroatoms. The van der Waals surface area contributed by atoms with Gasteiger partial charge in [-0.05, 0) is 43.9 Å². The molecule has 4 nitrogen and oxygen atoms in total. The monoisotopic (exact) mass is 234 g/mol. The zero-order chi connectivity index (χ0) is 12.3. The van der Waals surface area contributed by atoms with E-state index in [0.29, 0.717) is 0 Å². The van der Waals surface area contributed by atoms with Crippen molar-refractivity contribution < 1.29 is 9.53 Å². The maximum Gasteiger partial charge on any atom is 0.262 e. The molecule has 0 radical (unpaired) electrons. The number of fused-ring (bicyclic) bond motifs is 1. The predicted octanol–water partition coefficient (Wildman–Crippen LogP) is 1.69. The van der Waals surface area contributed by atoms with Crippen molar-refractivity contribution in [3.05, 3.63) is 23.8 Å². The number of hydrogen-bond acceptors (Lipinski definition) is 3. The van der Waals surface area contributed by atoms with E-state index in [4.69, 9.17) is 10.5 Å². The molecule has 1 aromatic rings. The first-order valence-electron chi connectivity index (χ1n) is 5.96. The predicted molar refractivity (Wildman–Crippen MR) is 67.2 cm³/mol. The number of amides is 1. The topological polar surface area (TPSA) is 64.3 Å². The second kappa shape index (κ2) is 5.19. The third-order valence-electron chi connectivity index (χ3n) is 2.80. The summed E-state index contributed by atoms with van der Waals surface area (Å²) in [6.07, 6.45) is 3.05. The number of rotatable bonds is 4. The summed E-state index contributed by atoms with van der Waals surface area (Å²) < 4.78 is 5.30. The van der Waals surface area contributed by atoms with Crippen molar-refractivity contribution in [3.8, 4) is 5.75 Å². The molecule has 1 atom stereocenters. The molecular weight excluding hydrogens is 216 g/mol. The summed E-state index contributed by atoms with van der Waals surface area (Å²) in [6.45, 7) is 2.12. The molecular formula is C13H18N2O2. The summed E-state index contributed by atoms with van der Waals surface area (Å²) in [4.78, 5) is 11.2. The largest absolute Gasteiger partial charge is 0.482 e. The molecule has 0 aliphatic carbocycles. The Morgan fingerprint density at radius 2 is 2.35 bits per heavy atom. The number of anilines is 1. The van der Waals surface area contributed by atoms with E-state index >= 15 is 0 Å². The Bertz CT molecular complexity index is 416. The Balaban J connectivity index is 2.00. The van der Waals surface area contributed by atoms with Gasteiger partial charge >= 0.3 is 0 Å². The maximum atomic E-state index is 11.2. The third-order valence-corrected chi connectivity index (χ3v) is 2.80. The third kappa shape index (κ3) is 3.20. The van der Waals surface area contributed by atoms with Crippen molar-refractivity contribution in [2.45, 2.75) is 32.2 Å². The van der Waals surface area contributed by atoms with Crippen molar-refractivity contribution in [2.24, 2.45) is 5.73 Å². The maximum absolute atomic E-state index is 11.2. The van der Waals surface area contributed by atoms with E-state index < -0.39 is 0 Å². The smallest absolute Gasteiger partial charge is 0.262 e. The van der Waals surface area contributed by atoms with Crippen LogP contribution in [0.15, 0.2) is 18.2 Å². The molecule has 1 aromatic carbocycles. The number of nitrogens with two attached hydrogens (primary N) is 1. The van der Waals surface area contributed by atoms with Gasteiger partial charge in [0.25, 0.3) is 5.91 Å². The number of ether oxygens (including phenoxy) is 1. The van der Waals surface area contributed by atoms with Crippen LogP contribution in [0.5, 0.6) is 5.75 Å². The minimum Gasteiger partial charge on any atom is -0.482 e. The van der Waals surface area contributed by atoms with E-state index in [1.54, 1.807) is 0 Å². The number of hydrogen-bond donors (Lipinski definition) is 2. The van der Waals surface area contributed by atoms with Crippen LogP contribution >= 0.6 is 0 Å². The summed E-state index contributed by atoms with van der Waals surface area (Å²) in [5.41, 5.74) is 7.69. The number of carbonyl (C=O) groups is 1. The van der Waals surface area contributed by atoms with Crippen molar-refractivity contribution >= 4 is 11.6 Å². The summed E-state index contributed by atoms with van der Waals surface area (Å²) in [6, 6.07) is 6.18. The standard InChI is InChI=1S/C13H18N2O2/c1-9(14)3-2-4-10-5-6-12-11(7-10)15-13(16)8-17-12/h5-7,9H,2-4,8,14H2,1H3,(H,15,16). The van der Waals surface area contributed by atoms with Crippen molar-refractivity contribution in [1.29, 1.82) is 0 Å². The molecule has 1 amide bonds. The second-order valence-corrected chi connectivity index (χ2v) is 4.54. The first-order valence-corrected chi connectivity index (χ1v) is 5.96. The summed E-state index contributed by atoms with van der Waals surface area (Å²) >= 11 is 0. The lowest BCUT2D eigenvalue weighted by molar-refractivity contribution is -0.118. The number of carbonyl (C=O) groups excluding carboxylic acids is 1. The molecule has 0 saturated carbocycles. The Morgan fingerprint density at radius 1 is 1.53 bits per heavy atom. The highest BCUT2D eigenvalue weighted by Crippen LogP contribution is 2.28. The van der Waals surface area contributed by atoms with Crippen LogP contribution in [-0.2, 0) is 11.2 Å². The number of nitrogens with one attached hydrogen (secondary N) is 1. The zero-order valence-corrected chi connectivity index (χ0v) is 10.0. The Morgan fingerprint density at radius 3 is 3.12 bits per heavy atom. The minimum absolute atomic E-state index is 0.0924. The first-order chi connectivity index (χ1) is 8.15. The fourth-order valence-electron chi connectivity index (χ4n) is 1.91. The van der Waals surface area contributed by atoms with Crippen LogP contribution < -0.4 is 15.8 Å². The van der Waals surface area contributed by atoms with Crippen LogP contribution in [0.3, 0.4) is 0 Å². The van der Waals surface area contributed by atoms with E-state index in [1.807, 2.05) is 25.1 Å². The van der Waals surface area contributed by atoms with Crippen LogP contribution in [0.4, 0.5) is 5.69 Å². The fraction of sp³-hybridized carbons (Fsp3) is 0.462. The summed E-state index contributed by atoms with van der Waals surface area (Å²) in [5, 5.41) is 2.81. The van der Waals surface area contributed by atoms with Gasteiger partial charge in [-0.2, -0.15) is 0 Å². The SMILES string of the molecule is CC(N)CCCc1ccc2c(c1)NC(=O)CO2. The zero-order valence-electron chi connectivity index (χ0n) is 10.0. The molecule has 1 aliphatic heterocycles. The average Bonchev–Trinajstić information content (AvgIpc) is 2.28. The summed E-state index contributed by atoms with van der Waals surface area (Å²) in [7, 11) is 0. The van der Waals surface area contributed by atoms with E-state index in [1.165, 1.54) is 5.56 Å². The molecule has 0 bridgehead atoms. The van der Waals surface area contributed by atoms with Gasteiger partial charge in [-0.3, -0.25) is 4.79 Å². The molecule has 1 unspecified atom stereocenters. The highest BCUT2D eigenvalue weighted by atomic mass is 16.5. The van der Waals surface area contributed by atoms with Crippen LogP contribution in [0.1, 0.15) is 25.3 Å². The minimum atomic E-state index is -0.0924. The van der Waals surface area contributed by atoms with Gasteiger partial charge in [-0.25, -0.2) is 0 Å². The van der Waals surface area contributed by atoms with E-state index in [2.05, 4.69) is 5.32 Å². The van der Waals surface area contributed by atoms with Gasteiger partial charge in [-0.1, -0.05) is 6.07 Å². The van der Waals surface area contributed by atoms with Crippen LogP contribution in [0, 0.1) is 0 Å². The van der Waals surface area contributed by atoms with Crippen LogP contribution in [-0.4, -0.2) is 18.6 Å². The van der Waals surface area contributed by atoms with Crippen molar-refractivity contribution in [2.75, 3.05) is 11.9 Å². The van der Waals surface area contributed by atoms with Gasteiger partial charge < -0.3 is 15.8 Å². The molecule has 0 spiro atoms. The molecule has 92 valence electrons. The average molecular weight is 234 g/mol. The quantitative estimate of drug-likeness (QED) is 0.833. The highest BCUT2D eigenvalue weighted by molar-refractivity contribution is 5.95. The van der Waals surface area contributed by atoms with Gasteiger partial charge in [0.05, 0.1) is 5.69 Å². The van der Waals surface area contributed by atoms with Crippen LogP contribution in [0.2, 0.25) is 0 Å². The van der Waals surface area contributed by atoms with Gasteiger partial charge in [-0.15, -0.1) is 0 Å². The highest BCUT2D eigenvalue weighted by Gasteiger charge is 2.15. The van der Waals surface area contributed by atoms with Gasteiger partial charge in [0.2, 0.25) is 0 Å². The normalized spacial score (nSPS) is 15.8. The lowest BCUT2D eigenvalue weighted by Gasteiger charge is -2.18. The first kappa shape index (κ1) is 11.9. The number of benzene rings is 1. The Kier molecular flexibility index (Phi) is 3.64. The van der Waals surface area contributed by atoms with E-state index in [0.717, 1.165) is 30.7 Å². The Labute approximate surface area is 101 Å². The van der Waals surface area contributed by atoms with Gasteiger partial charge in [0.1, 0.15) is 5.75 Å². The molecule has 17 heavy (non-hydrogen) atoms. The number of aryl methyl sites for hydroxylation is 1. The lowest BCUT2D eigenvalue weighted by Crippen LogP contribution is -2.25.